The van der Waals surface area contributed by atoms with Gasteiger partial charge in [-0.3, -0.25) is 4.40 Å². The largest absolute Gasteiger partial charge is 0.494 e. The monoisotopic (exact) mass is 384 g/mol. The van der Waals surface area contributed by atoms with Gasteiger partial charge in [-0.05, 0) is 43.2 Å². The summed E-state index contributed by atoms with van der Waals surface area (Å²) in [6.07, 6.45) is -4.31. The third kappa shape index (κ3) is 3.03. The summed E-state index contributed by atoms with van der Waals surface area (Å²) in [5.74, 6) is -1.04. The van der Waals surface area contributed by atoms with E-state index in [-0.39, 0.29) is 4.96 Å². The summed E-state index contributed by atoms with van der Waals surface area (Å²) in [5, 5.41) is 9.41. The van der Waals surface area contributed by atoms with Gasteiger partial charge in [-0.25, -0.2) is 9.78 Å². The molecule has 1 N–H and O–H groups in total. The first kappa shape index (κ1) is 18.2. The van der Waals surface area contributed by atoms with E-state index in [1.54, 1.807) is 24.3 Å². The van der Waals surface area contributed by atoms with Crippen LogP contribution in [0, 0.1) is 0 Å². The molecule has 0 fully saturated rings. The molecule has 26 heavy (non-hydrogen) atoms. The molecule has 3 aromatic rings. The molecule has 0 saturated carbocycles. The number of aryl methyl sites for hydroxylation is 1. The maximum Gasteiger partial charge on any atom is 0.435 e. The van der Waals surface area contributed by atoms with Crippen LogP contribution in [-0.2, 0) is 12.6 Å². The van der Waals surface area contributed by atoms with Crippen LogP contribution in [0.25, 0.3) is 16.2 Å². The summed E-state index contributed by atoms with van der Waals surface area (Å²) < 4.78 is 46.1. The number of benzene rings is 1. The van der Waals surface area contributed by atoms with E-state index in [0.29, 0.717) is 30.0 Å². The van der Waals surface area contributed by atoms with Gasteiger partial charge in [0, 0.05) is 4.88 Å². The molecule has 0 aliphatic carbocycles. The standard InChI is InChI=1S/C17H15F3N2O3S/c1-3-11-12(9-5-7-10(8-6-9)25-4-2)22-13(15(23)24)14(17(18,19)20)21-16(22)26-11/h5-8H,3-4H2,1-2H3,(H,23,24). The van der Waals surface area contributed by atoms with Crippen molar-refractivity contribution in [2.75, 3.05) is 6.61 Å². The Bertz CT molecular complexity index is 958. The summed E-state index contributed by atoms with van der Waals surface area (Å²) >= 11 is 1.06. The number of alkyl halides is 3. The lowest BCUT2D eigenvalue weighted by molar-refractivity contribution is -0.141. The van der Waals surface area contributed by atoms with Gasteiger partial charge in [0.1, 0.15) is 5.75 Å². The minimum Gasteiger partial charge on any atom is -0.494 e. The second-order valence-corrected chi connectivity index (χ2v) is 6.48. The van der Waals surface area contributed by atoms with E-state index < -0.39 is 23.5 Å². The highest BCUT2D eigenvalue weighted by atomic mass is 32.1. The molecule has 0 aliphatic heterocycles. The molecule has 0 amide bonds. The molecule has 9 heteroatoms. The van der Waals surface area contributed by atoms with Crippen LogP contribution in [0.3, 0.4) is 0 Å². The van der Waals surface area contributed by atoms with Crippen LogP contribution in [0.4, 0.5) is 13.2 Å². The van der Waals surface area contributed by atoms with E-state index >= 15 is 0 Å². The van der Waals surface area contributed by atoms with Gasteiger partial charge in [0.2, 0.25) is 0 Å². The molecule has 1 aromatic carbocycles. The first-order valence-electron chi connectivity index (χ1n) is 7.85. The van der Waals surface area contributed by atoms with E-state index in [1.165, 1.54) is 0 Å². The smallest absolute Gasteiger partial charge is 0.435 e. The van der Waals surface area contributed by atoms with Crippen molar-refractivity contribution in [1.29, 1.82) is 0 Å². The Morgan fingerprint density at radius 1 is 1.27 bits per heavy atom. The Balaban J connectivity index is 2.29. The molecule has 3 rings (SSSR count). The van der Waals surface area contributed by atoms with Crippen molar-refractivity contribution < 1.29 is 27.8 Å². The molecule has 0 atom stereocenters. The fourth-order valence-electron chi connectivity index (χ4n) is 2.76. The number of thiazole rings is 1. The van der Waals surface area contributed by atoms with Gasteiger partial charge < -0.3 is 9.84 Å². The van der Waals surface area contributed by atoms with Crippen LogP contribution in [0.15, 0.2) is 24.3 Å². The highest BCUT2D eigenvalue weighted by Gasteiger charge is 2.41. The Morgan fingerprint density at radius 2 is 1.92 bits per heavy atom. The van der Waals surface area contributed by atoms with Gasteiger partial charge in [0.05, 0.1) is 12.3 Å². The third-order valence-electron chi connectivity index (χ3n) is 3.78. The second kappa shape index (κ2) is 6.64. The maximum absolute atomic E-state index is 13.2. The molecular formula is C17H15F3N2O3S. The van der Waals surface area contributed by atoms with Crippen LogP contribution in [-0.4, -0.2) is 27.1 Å². The number of carboxylic acids is 1. The quantitative estimate of drug-likeness (QED) is 0.690. The molecule has 138 valence electrons. The maximum atomic E-state index is 13.2. The number of hydrogen-bond donors (Lipinski definition) is 1. The normalized spacial score (nSPS) is 11.9. The Labute approximate surface area is 150 Å². The number of rotatable bonds is 5. The molecule has 2 heterocycles. The molecule has 5 nitrogen and oxygen atoms in total. The number of nitrogens with zero attached hydrogens (tertiary/aromatic N) is 2. The Kier molecular flexibility index (Phi) is 4.66. The van der Waals surface area contributed by atoms with Crippen molar-refractivity contribution >= 4 is 22.3 Å². The average Bonchev–Trinajstić information content (AvgIpc) is 3.11. The van der Waals surface area contributed by atoms with Crippen LogP contribution in [0.1, 0.15) is 34.9 Å². The van der Waals surface area contributed by atoms with Crippen molar-refractivity contribution in [3.05, 3.63) is 40.5 Å². The number of ether oxygens (including phenoxy) is 1. The summed E-state index contributed by atoms with van der Waals surface area (Å²) in [6.45, 7) is 4.19. The molecular weight excluding hydrogens is 369 g/mol. The van der Waals surface area contributed by atoms with Gasteiger partial charge in [0.15, 0.2) is 16.3 Å². The zero-order chi connectivity index (χ0) is 19.1. The van der Waals surface area contributed by atoms with Crippen LogP contribution >= 0.6 is 11.3 Å². The minimum absolute atomic E-state index is 0.00968. The lowest BCUT2D eigenvalue weighted by Crippen LogP contribution is -2.14. The topological polar surface area (TPSA) is 63.8 Å². The van der Waals surface area contributed by atoms with Crippen molar-refractivity contribution in [3.8, 4) is 17.0 Å². The number of imidazole rings is 1. The zero-order valence-corrected chi connectivity index (χ0v) is 14.7. The van der Waals surface area contributed by atoms with Gasteiger partial charge in [0.25, 0.3) is 0 Å². The van der Waals surface area contributed by atoms with E-state index in [0.717, 1.165) is 20.6 Å². The number of carboxylic acid groups (broad SMARTS) is 1. The molecule has 2 aromatic heterocycles. The number of carbonyl (C=O) groups is 1. The number of fused-ring (bicyclic) bond motifs is 1. The van der Waals surface area contributed by atoms with Crippen LogP contribution < -0.4 is 4.74 Å². The van der Waals surface area contributed by atoms with Crippen molar-refractivity contribution in [2.45, 2.75) is 26.4 Å². The lowest BCUT2D eigenvalue weighted by Gasteiger charge is -2.09. The van der Waals surface area contributed by atoms with Gasteiger partial charge >= 0.3 is 12.1 Å². The van der Waals surface area contributed by atoms with Crippen LogP contribution in [0.2, 0.25) is 0 Å². The molecule has 0 radical (unpaired) electrons. The number of hydrogen-bond acceptors (Lipinski definition) is 4. The van der Waals surface area contributed by atoms with E-state index in [1.807, 2.05) is 13.8 Å². The number of halogens is 3. The summed E-state index contributed by atoms with van der Waals surface area (Å²) in [4.78, 5) is 15.9. The van der Waals surface area contributed by atoms with E-state index in [9.17, 15) is 23.1 Å². The molecule has 0 unspecified atom stereocenters. The van der Waals surface area contributed by atoms with Crippen molar-refractivity contribution in [2.24, 2.45) is 0 Å². The van der Waals surface area contributed by atoms with Gasteiger partial charge in [-0.15, -0.1) is 11.3 Å². The molecule has 0 spiro atoms. The van der Waals surface area contributed by atoms with E-state index in [2.05, 4.69) is 4.98 Å². The second-order valence-electron chi connectivity index (χ2n) is 5.41. The van der Waals surface area contributed by atoms with E-state index in [4.69, 9.17) is 4.74 Å². The average molecular weight is 384 g/mol. The summed E-state index contributed by atoms with van der Waals surface area (Å²) in [7, 11) is 0. The lowest BCUT2D eigenvalue weighted by atomic mass is 10.1. The first-order chi connectivity index (χ1) is 12.3. The summed E-state index contributed by atoms with van der Waals surface area (Å²) in [6, 6.07) is 6.79. The Hall–Kier alpha value is -2.55. The minimum atomic E-state index is -4.85. The van der Waals surface area contributed by atoms with Crippen molar-refractivity contribution in [1.82, 2.24) is 9.38 Å². The highest BCUT2D eigenvalue weighted by molar-refractivity contribution is 7.17. The molecule has 0 bridgehead atoms. The fraction of sp³-hybridized carbons (Fsp3) is 0.294. The Morgan fingerprint density at radius 3 is 2.42 bits per heavy atom. The SMILES string of the molecule is CCOc1ccc(-c2c(CC)sc3nc(C(F)(F)F)c(C(=O)O)n23)cc1. The van der Waals surface area contributed by atoms with Gasteiger partial charge in [-0.2, -0.15) is 13.2 Å². The van der Waals surface area contributed by atoms with Gasteiger partial charge in [-0.1, -0.05) is 6.92 Å². The predicted molar refractivity (Wildman–Crippen MR) is 91.0 cm³/mol. The summed E-state index contributed by atoms with van der Waals surface area (Å²) in [5.41, 5.74) is -1.24. The number of aromatic nitrogens is 2. The highest BCUT2D eigenvalue weighted by Crippen LogP contribution is 2.39. The fourth-order valence-corrected chi connectivity index (χ4v) is 3.84. The zero-order valence-electron chi connectivity index (χ0n) is 13.9. The number of aromatic carboxylic acids is 1. The molecule has 0 saturated heterocycles. The van der Waals surface area contributed by atoms with Crippen molar-refractivity contribution in [3.63, 3.8) is 0 Å². The first-order valence-corrected chi connectivity index (χ1v) is 8.67. The third-order valence-corrected chi connectivity index (χ3v) is 4.96. The predicted octanol–water partition coefficient (Wildman–Crippen LogP) is 4.74. The van der Waals surface area contributed by atoms with Crippen LogP contribution in [0.5, 0.6) is 5.75 Å². The molecule has 0 aliphatic rings.